The highest BCUT2D eigenvalue weighted by molar-refractivity contribution is 5.61. The molecule has 0 amide bonds. The van der Waals surface area contributed by atoms with Crippen LogP contribution in [0.25, 0.3) is 5.65 Å². The lowest BCUT2D eigenvalue weighted by Crippen LogP contribution is -2.07. The van der Waals surface area contributed by atoms with Gasteiger partial charge in [0.1, 0.15) is 12.2 Å². The fraction of sp³-hybridized carbons (Fsp3) is 0.200. The zero-order valence-corrected chi connectivity index (χ0v) is 9.28. The van der Waals surface area contributed by atoms with Crippen LogP contribution in [0, 0.1) is 0 Å². The molecule has 0 spiro atoms. The topological polar surface area (TPSA) is 72.9 Å². The minimum absolute atomic E-state index is 0.600. The van der Waals surface area contributed by atoms with Crippen LogP contribution in [-0.2, 0) is 13.6 Å². The first-order valence-corrected chi connectivity index (χ1v) is 5.19. The minimum Gasteiger partial charge on any atom is -0.360 e. The number of hydrogen-bond acceptors (Lipinski definition) is 5. The van der Waals surface area contributed by atoms with Crippen LogP contribution in [0.5, 0.6) is 0 Å². The van der Waals surface area contributed by atoms with Crippen LogP contribution in [-0.4, -0.2) is 29.1 Å². The summed E-state index contributed by atoms with van der Waals surface area (Å²) in [5.74, 6) is 1.64. The van der Waals surface area contributed by atoms with E-state index in [1.165, 1.54) is 0 Å². The van der Waals surface area contributed by atoms with E-state index in [4.69, 9.17) is 0 Å². The minimum atomic E-state index is 0.600. The van der Waals surface area contributed by atoms with Crippen molar-refractivity contribution in [3.63, 3.8) is 0 Å². The molecular formula is C10H11N7. The molecule has 0 saturated heterocycles. The van der Waals surface area contributed by atoms with Crippen molar-refractivity contribution in [2.75, 3.05) is 5.32 Å². The molecule has 0 bridgehead atoms. The van der Waals surface area contributed by atoms with E-state index in [0.717, 1.165) is 5.82 Å². The van der Waals surface area contributed by atoms with Gasteiger partial charge in [-0.25, -0.2) is 9.97 Å². The Labute approximate surface area is 97.2 Å². The fourth-order valence-electron chi connectivity index (χ4n) is 1.61. The summed E-state index contributed by atoms with van der Waals surface area (Å²) in [5, 5.41) is 11.0. The third-order valence-corrected chi connectivity index (χ3v) is 2.55. The highest BCUT2D eigenvalue weighted by Crippen LogP contribution is 2.10. The molecule has 0 aliphatic carbocycles. The van der Waals surface area contributed by atoms with Crippen molar-refractivity contribution in [3.05, 3.63) is 36.9 Å². The molecule has 0 saturated carbocycles. The summed E-state index contributed by atoms with van der Waals surface area (Å²) in [6.45, 7) is 0.600. The van der Waals surface area contributed by atoms with E-state index in [0.29, 0.717) is 18.0 Å². The monoisotopic (exact) mass is 229 g/mol. The molecule has 7 heteroatoms. The predicted octanol–water partition coefficient (Wildman–Crippen LogP) is 0.470. The maximum absolute atomic E-state index is 4.24. The van der Waals surface area contributed by atoms with Gasteiger partial charge in [-0.05, 0) is 0 Å². The van der Waals surface area contributed by atoms with Crippen LogP contribution >= 0.6 is 0 Å². The molecule has 0 unspecified atom stereocenters. The van der Waals surface area contributed by atoms with Gasteiger partial charge in [-0.3, -0.25) is 4.40 Å². The molecule has 0 aliphatic rings. The summed E-state index contributed by atoms with van der Waals surface area (Å²) >= 11 is 0. The zero-order valence-electron chi connectivity index (χ0n) is 9.28. The van der Waals surface area contributed by atoms with Crippen LogP contribution in [0.2, 0.25) is 0 Å². The number of nitrogens with one attached hydrogen (secondary N) is 1. The number of anilines is 1. The Hall–Kier alpha value is -2.44. The smallest absolute Gasteiger partial charge is 0.203 e. The highest BCUT2D eigenvalue weighted by atomic mass is 15.2. The number of nitrogens with zero attached hydrogens (tertiary/aromatic N) is 6. The van der Waals surface area contributed by atoms with Crippen molar-refractivity contribution < 1.29 is 0 Å². The van der Waals surface area contributed by atoms with Crippen molar-refractivity contribution in [2.24, 2.45) is 7.05 Å². The van der Waals surface area contributed by atoms with Gasteiger partial charge < -0.3 is 9.88 Å². The summed E-state index contributed by atoms with van der Waals surface area (Å²) in [6.07, 6.45) is 8.82. The van der Waals surface area contributed by atoms with E-state index in [1.807, 2.05) is 22.2 Å². The summed E-state index contributed by atoms with van der Waals surface area (Å²) in [5.41, 5.74) is 0.710. The maximum atomic E-state index is 4.24. The molecule has 1 N–H and O–H groups in total. The number of aryl methyl sites for hydroxylation is 1. The molecule has 0 radical (unpaired) electrons. The number of fused-ring (bicyclic) bond motifs is 1. The molecule has 0 fully saturated rings. The second-order valence-electron chi connectivity index (χ2n) is 3.65. The average Bonchev–Trinajstić information content (AvgIpc) is 2.95. The van der Waals surface area contributed by atoms with Gasteiger partial charge in [-0.2, -0.15) is 0 Å². The van der Waals surface area contributed by atoms with E-state index in [9.17, 15) is 0 Å². The average molecular weight is 229 g/mol. The van der Waals surface area contributed by atoms with Crippen LogP contribution in [0.15, 0.2) is 31.1 Å². The predicted molar refractivity (Wildman–Crippen MR) is 61.3 cm³/mol. The van der Waals surface area contributed by atoms with E-state index >= 15 is 0 Å². The molecule has 3 aromatic rings. The first-order valence-electron chi connectivity index (χ1n) is 5.19. The van der Waals surface area contributed by atoms with Crippen molar-refractivity contribution in [1.29, 1.82) is 0 Å². The molecule has 86 valence electrons. The van der Waals surface area contributed by atoms with E-state index < -0.39 is 0 Å². The third kappa shape index (κ3) is 1.71. The lowest BCUT2D eigenvalue weighted by Gasteiger charge is -2.05. The van der Waals surface area contributed by atoms with Crippen molar-refractivity contribution >= 4 is 11.5 Å². The second kappa shape index (κ2) is 3.85. The van der Waals surface area contributed by atoms with E-state index in [1.54, 1.807) is 24.9 Å². The number of rotatable bonds is 3. The summed E-state index contributed by atoms with van der Waals surface area (Å²) in [6, 6.07) is 0. The van der Waals surface area contributed by atoms with Gasteiger partial charge >= 0.3 is 0 Å². The van der Waals surface area contributed by atoms with Gasteiger partial charge in [0.05, 0.1) is 6.54 Å². The Morgan fingerprint density at radius 1 is 1.24 bits per heavy atom. The zero-order chi connectivity index (χ0) is 11.7. The van der Waals surface area contributed by atoms with Crippen molar-refractivity contribution in [1.82, 2.24) is 29.1 Å². The van der Waals surface area contributed by atoms with Crippen molar-refractivity contribution in [3.8, 4) is 0 Å². The molecular weight excluding hydrogens is 218 g/mol. The Kier molecular flexibility index (Phi) is 2.21. The van der Waals surface area contributed by atoms with E-state index in [-0.39, 0.29) is 0 Å². The number of hydrogen-bond donors (Lipinski definition) is 1. The fourth-order valence-corrected chi connectivity index (χ4v) is 1.61. The molecule has 3 heterocycles. The van der Waals surface area contributed by atoms with Crippen LogP contribution in [0.3, 0.4) is 0 Å². The summed E-state index contributed by atoms with van der Waals surface area (Å²) in [7, 11) is 1.95. The number of imidazole rings is 1. The molecule has 3 aromatic heterocycles. The largest absolute Gasteiger partial charge is 0.360 e. The van der Waals surface area contributed by atoms with E-state index in [2.05, 4.69) is 25.5 Å². The van der Waals surface area contributed by atoms with Gasteiger partial charge in [0.2, 0.25) is 5.65 Å². The van der Waals surface area contributed by atoms with Crippen molar-refractivity contribution in [2.45, 2.75) is 6.54 Å². The van der Waals surface area contributed by atoms with Gasteiger partial charge in [-0.15, -0.1) is 10.2 Å². The quantitative estimate of drug-likeness (QED) is 0.706. The van der Waals surface area contributed by atoms with Gasteiger partial charge in [0.15, 0.2) is 5.82 Å². The lowest BCUT2D eigenvalue weighted by molar-refractivity contribution is 0.810. The number of aromatic nitrogens is 6. The standard InChI is InChI=1S/C10H11N7/c1-16-4-2-11-8(16)6-13-9-10-15-14-7-17(10)5-3-12-9/h2-5,7H,6H2,1H3,(H,12,13). The van der Waals surface area contributed by atoms with Crippen LogP contribution in [0.1, 0.15) is 5.82 Å². The van der Waals surface area contributed by atoms with Gasteiger partial charge in [-0.1, -0.05) is 0 Å². The Balaban J connectivity index is 1.86. The van der Waals surface area contributed by atoms with Crippen LogP contribution < -0.4 is 5.32 Å². The Morgan fingerprint density at radius 2 is 2.12 bits per heavy atom. The first-order chi connectivity index (χ1) is 8.34. The third-order valence-electron chi connectivity index (χ3n) is 2.55. The summed E-state index contributed by atoms with van der Waals surface area (Å²) < 4.78 is 3.77. The molecule has 0 aromatic carbocycles. The maximum Gasteiger partial charge on any atom is 0.203 e. The highest BCUT2D eigenvalue weighted by Gasteiger charge is 2.05. The lowest BCUT2D eigenvalue weighted by atomic mass is 10.5. The molecule has 0 aliphatic heterocycles. The molecule has 17 heavy (non-hydrogen) atoms. The Bertz CT molecular complexity index is 639. The van der Waals surface area contributed by atoms with Gasteiger partial charge in [0, 0.05) is 31.8 Å². The molecule has 0 atom stereocenters. The molecule has 7 nitrogen and oxygen atoms in total. The second-order valence-corrected chi connectivity index (χ2v) is 3.65. The Morgan fingerprint density at radius 3 is 2.94 bits per heavy atom. The van der Waals surface area contributed by atoms with Crippen LogP contribution in [0.4, 0.5) is 5.82 Å². The summed E-state index contributed by atoms with van der Waals surface area (Å²) in [4.78, 5) is 8.47. The molecule has 3 rings (SSSR count). The van der Waals surface area contributed by atoms with Gasteiger partial charge in [0.25, 0.3) is 0 Å². The SMILES string of the molecule is Cn1ccnc1CNc1nccn2cnnc12. The first kappa shape index (κ1) is 9.76. The normalized spacial score (nSPS) is 10.9.